The van der Waals surface area contributed by atoms with Gasteiger partial charge in [0.05, 0.1) is 6.61 Å². The van der Waals surface area contributed by atoms with Gasteiger partial charge in [-0.15, -0.1) is 6.58 Å². The van der Waals surface area contributed by atoms with Gasteiger partial charge in [0, 0.05) is 13.0 Å². The van der Waals surface area contributed by atoms with Crippen LogP contribution >= 0.6 is 0 Å². The smallest absolute Gasteiger partial charge is 0.222 e. The van der Waals surface area contributed by atoms with E-state index < -0.39 is 0 Å². The zero-order valence-electron chi connectivity index (χ0n) is 5.26. The number of rotatable bonds is 4. The molecular weight excluding hydrogens is 118 g/mol. The van der Waals surface area contributed by atoms with Crippen LogP contribution in [0.2, 0.25) is 0 Å². The third-order valence-electron chi connectivity index (χ3n) is 0.782. The Labute approximate surface area is 54.4 Å². The van der Waals surface area contributed by atoms with Crippen molar-refractivity contribution in [2.24, 2.45) is 0 Å². The van der Waals surface area contributed by atoms with Crippen LogP contribution in [0.15, 0.2) is 12.7 Å². The van der Waals surface area contributed by atoms with Gasteiger partial charge in [0.2, 0.25) is 5.91 Å². The molecule has 0 aliphatic carbocycles. The van der Waals surface area contributed by atoms with Crippen LogP contribution in [0, 0.1) is 0 Å². The third-order valence-corrected chi connectivity index (χ3v) is 0.782. The van der Waals surface area contributed by atoms with E-state index in [9.17, 15) is 4.79 Å². The number of carbonyl (C=O) groups is 1. The summed E-state index contributed by atoms with van der Waals surface area (Å²) in [6.07, 6.45) is 1.77. The molecule has 0 aromatic heterocycles. The van der Waals surface area contributed by atoms with Gasteiger partial charge in [0.1, 0.15) is 0 Å². The minimum absolute atomic E-state index is 0.0943. The predicted octanol–water partition coefficient (Wildman–Crippen LogP) is -0.329. The van der Waals surface area contributed by atoms with Crippen molar-refractivity contribution in [1.82, 2.24) is 5.32 Å². The highest BCUT2D eigenvalue weighted by Gasteiger charge is 1.94. The fourth-order valence-corrected chi connectivity index (χ4v) is 0.376. The maximum Gasteiger partial charge on any atom is 0.222 e. The maximum atomic E-state index is 10.5. The number of carbonyl (C=O) groups excluding carboxylic acids is 1. The van der Waals surface area contributed by atoms with Crippen LogP contribution in [0.1, 0.15) is 6.42 Å². The Bertz CT molecular complexity index is 101. The van der Waals surface area contributed by atoms with E-state index in [4.69, 9.17) is 5.11 Å². The fraction of sp³-hybridized carbons (Fsp3) is 0.500. The van der Waals surface area contributed by atoms with Gasteiger partial charge in [-0.2, -0.15) is 0 Å². The molecule has 3 nitrogen and oxygen atoms in total. The summed E-state index contributed by atoms with van der Waals surface area (Å²) in [5, 5.41) is 10.8. The Balaban J connectivity index is 3.16. The predicted molar refractivity (Wildman–Crippen MR) is 34.9 cm³/mol. The molecule has 0 aliphatic heterocycles. The number of amides is 1. The van der Waals surface area contributed by atoms with Crippen LogP contribution in [0.3, 0.4) is 0 Å². The molecule has 0 saturated carbocycles. The summed E-state index contributed by atoms with van der Waals surface area (Å²) in [6.45, 7) is 3.79. The molecule has 0 unspecified atom stereocenters. The molecule has 0 spiro atoms. The Morgan fingerprint density at radius 1 is 1.78 bits per heavy atom. The average Bonchev–Trinajstić information content (AvgIpc) is 1.85. The number of hydrogen-bond acceptors (Lipinski definition) is 2. The summed E-state index contributed by atoms with van der Waals surface area (Å²) in [5.41, 5.74) is 0. The first kappa shape index (κ1) is 8.17. The van der Waals surface area contributed by atoms with Crippen LogP contribution in [0.25, 0.3) is 0 Å². The third kappa shape index (κ3) is 5.03. The number of hydrogen-bond donors (Lipinski definition) is 2. The van der Waals surface area contributed by atoms with Crippen molar-refractivity contribution >= 4 is 5.91 Å². The number of aliphatic hydroxyl groups is 1. The lowest BCUT2D eigenvalue weighted by Crippen LogP contribution is -2.23. The standard InChI is InChI=1S/C6H11NO2/c1-2-4-7-6(9)3-5-8/h2,8H,1,3-5H2,(H,7,9). The minimum atomic E-state index is -0.141. The van der Waals surface area contributed by atoms with Gasteiger partial charge >= 0.3 is 0 Å². The normalized spacial score (nSPS) is 8.56. The largest absolute Gasteiger partial charge is 0.396 e. The van der Waals surface area contributed by atoms with Crippen molar-refractivity contribution in [2.75, 3.05) is 13.2 Å². The van der Waals surface area contributed by atoms with Crippen molar-refractivity contribution in [1.29, 1.82) is 0 Å². The minimum Gasteiger partial charge on any atom is -0.396 e. The highest BCUT2D eigenvalue weighted by atomic mass is 16.3. The Kier molecular flexibility index (Phi) is 4.82. The van der Waals surface area contributed by atoms with Gasteiger partial charge in [-0.3, -0.25) is 4.79 Å². The molecule has 3 heteroatoms. The highest BCUT2D eigenvalue weighted by molar-refractivity contribution is 5.76. The first-order valence-electron chi connectivity index (χ1n) is 2.79. The molecular formula is C6H11NO2. The molecule has 0 fully saturated rings. The molecule has 52 valence electrons. The second-order valence-electron chi connectivity index (χ2n) is 1.57. The summed E-state index contributed by atoms with van der Waals surface area (Å²) in [6, 6.07) is 0. The summed E-state index contributed by atoms with van der Waals surface area (Å²) >= 11 is 0. The van der Waals surface area contributed by atoms with Crippen molar-refractivity contribution in [3.05, 3.63) is 12.7 Å². The molecule has 0 aliphatic rings. The van der Waals surface area contributed by atoms with Crippen molar-refractivity contribution in [3.63, 3.8) is 0 Å². The van der Waals surface area contributed by atoms with Gasteiger partial charge < -0.3 is 10.4 Å². The molecule has 0 aromatic carbocycles. The summed E-state index contributed by atoms with van der Waals surface area (Å²) in [5.74, 6) is -0.141. The first-order valence-corrected chi connectivity index (χ1v) is 2.79. The fourth-order valence-electron chi connectivity index (χ4n) is 0.376. The summed E-state index contributed by atoms with van der Waals surface area (Å²) in [4.78, 5) is 10.5. The summed E-state index contributed by atoms with van der Waals surface area (Å²) in [7, 11) is 0. The van der Waals surface area contributed by atoms with Gasteiger partial charge in [-0.1, -0.05) is 6.08 Å². The van der Waals surface area contributed by atoms with E-state index in [1.54, 1.807) is 6.08 Å². The van der Waals surface area contributed by atoms with Crippen LogP contribution in [-0.4, -0.2) is 24.2 Å². The van der Waals surface area contributed by atoms with E-state index in [2.05, 4.69) is 11.9 Å². The van der Waals surface area contributed by atoms with Crippen LogP contribution in [0.4, 0.5) is 0 Å². The Hall–Kier alpha value is -0.830. The van der Waals surface area contributed by atoms with Crippen molar-refractivity contribution < 1.29 is 9.90 Å². The lowest BCUT2D eigenvalue weighted by Gasteiger charge is -1.97. The molecule has 0 aromatic rings. The molecule has 9 heavy (non-hydrogen) atoms. The average molecular weight is 129 g/mol. The lowest BCUT2D eigenvalue weighted by molar-refractivity contribution is -0.121. The summed E-state index contributed by atoms with van der Waals surface area (Å²) < 4.78 is 0. The molecule has 0 atom stereocenters. The quantitative estimate of drug-likeness (QED) is 0.511. The van der Waals surface area contributed by atoms with E-state index in [-0.39, 0.29) is 18.9 Å². The van der Waals surface area contributed by atoms with Gasteiger partial charge in [0.25, 0.3) is 0 Å². The molecule has 0 heterocycles. The van der Waals surface area contributed by atoms with E-state index in [0.717, 1.165) is 0 Å². The SMILES string of the molecule is C=CCNC(=O)CCO. The lowest BCUT2D eigenvalue weighted by atomic mass is 10.4. The highest BCUT2D eigenvalue weighted by Crippen LogP contribution is 1.74. The van der Waals surface area contributed by atoms with E-state index in [1.807, 2.05) is 0 Å². The van der Waals surface area contributed by atoms with Crippen molar-refractivity contribution in [2.45, 2.75) is 6.42 Å². The van der Waals surface area contributed by atoms with Crippen LogP contribution in [-0.2, 0) is 4.79 Å². The van der Waals surface area contributed by atoms with Gasteiger partial charge in [0.15, 0.2) is 0 Å². The Morgan fingerprint density at radius 3 is 2.89 bits per heavy atom. The second kappa shape index (κ2) is 5.31. The van der Waals surface area contributed by atoms with Crippen LogP contribution < -0.4 is 5.32 Å². The monoisotopic (exact) mass is 129 g/mol. The van der Waals surface area contributed by atoms with E-state index in [0.29, 0.717) is 6.54 Å². The van der Waals surface area contributed by atoms with E-state index >= 15 is 0 Å². The molecule has 2 N–H and O–H groups in total. The van der Waals surface area contributed by atoms with Crippen LogP contribution in [0.5, 0.6) is 0 Å². The zero-order valence-corrected chi connectivity index (χ0v) is 5.26. The second-order valence-corrected chi connectivity index (χ2v) is 1.57. The first-order chi connectivity index (χ1) is 4.31. The zero-order chi connectivity index (χ0) is 7.11. The molecule has 0 rings (SSSR count). The van der Waals surface area contributed by atoms with E-state index in [1.165, 1.54) is 0 Å². The maximum absolute atomic E-state index is 10.5. The van der Waals surface area contributed by atoms with Crippen molar-refractivity contribution in [3.8, 4) is 0 Å². The molecule has 0 saturated heterocycles. The van der Waals surface area contributed by atoms with Gasteiger partial charge in [-0.05, 0) is 0 Å². The van der Waals surface area contributed by atoms with Gasteiger partial charge in [-0.25, -0.2) is 0 Å². The topological polar surface area (TPSA) is 49.3 Å². The molecule has 0 radical (unpaired) electrons. The Morgan fingerprint density at radius 2 is 2.44 bits per heavy atom. The molecule has 0 bridgehead atoms. The number of nitrogens with one attached hydrogen (secondary N) is 1. The molecule has 1 amide bonds. The number of aliphatic hydroxyl groups excluding tert-OH is 1.